The lowest BCUT2D eigenvalue weighted by molar-refractivity contribution is -0.128. The topological polar surface area (TPSA) is 52.6 Å². The molecule has 0 aliphatic carbocycles. The molecule has 0 saturated heterocycles. The lowest BCUT2D eigenvalue weighted by Gasteiger charge is -2.19. The van der Waals surface area contributed by atoms with Gasteiger partial charge in [-0.1, -0.05) is 76.4 Å². The highest BCUT2D eigenvalue weighted by Gasteiger charge is 2.18. The zero-order chi connectivity index (χ0) is 21.8. The Kier molecular flexibility index (Phi) is 9.85. The fourth-order valence-corrected chi connectivity index (χ4v) is 3.26. The van der Waals surface area contributed by atoms with Crippen molar-refractivity contribution >= 4 is 11.8 Å². The minimum Gasteiger partial charge on any atom is -0.490 e. The van der Waals surface area contributed by atoms with Crippen molar-refractivity contribution in [3.05, 3.63) is 72.3 Å². The van der Waals surface area contributed by atoms with Crippen LogP contribution < -0.4 is 9.47 Å². The van der Waals surface area contributed by atoms with Crippen LogP contribution >= 0.6 is 0 Å². The Morgan fingerprint density at radius 1 is 1.00 bits per heavy atom. The maximum Gasteiger partial charge on any atom is 0.335 e. The van der Waals surface area contributed by atoms with Crippen molar-refractivity contribution in [1.29, 1.82) is 0 Å². The van der Waals surface area contributed by atoms with Gasteiger partial charge >= 0.3 is 5.97 Å². The molecule has 2 aromatic rings. The number of carbonyl (C=O) groups is 2. The normalized spacial score (nSPS) is 11.5. The largest absolute Gasteiger partial charge is 0.490 e. The first-order chi connectivity index (χ1) is 14.6. The monoisotopic (exact) mass is 408 g/mol. The van der Waals surface area contributed by atoms with Gasteiger partial charge in [0.05, 0.1) is 11.7 Å². The second-order valence-electron chi connectivity index (χ2n) is 7.33. The van der Waals surface area contributed by atoms with E-state index in [1.165, 1.54) is 25.7 Å². The molecule has 0 aliphatic heterocycles. The Labute approximate surface area is 179 Å². The molecule has 0 amide bonds. The Hall–Kier alpha value is -2.88. The van der Waals surface area contributed by atoms with Crippen LogP contribution in [0.4, 0.5) is 0 Å². The summed E-state index contributed by atoms with van der Waals surface area (Å²) in [5, 5.41) is 0. The summed E-state index contributed by atoms with van der Waals surface area (Å²) in [5.41, 5.74) is 0.844. The second-order valence-corrected chi connectivity index (χ2v) is 7.33. The van der Waals surface area contributed by atoms with Crippen LogP contribution in [0.5, 0.6) is 11.5 Å². The Bertz CT molecular complexity index is 826. The van der Waals surface area contributed by atoms with E-state index in [4.69, 9.17) is 9.47 Å². The van der Waals surface area contributed by atoms with Crippen LogP contribution in [0, 0.1) is 0 Å². The molecule has 1 unspecified atom stereocenters. The average molecular weight is 409 g/mol. The van der Waals surface area contributed by atoms with Crippen molar-refractivity contribution in [3.8, 4) is 11.5 Å². The van der Waals surface area contributed by atoms with Crippen LogP contribution in [0.15, 0.2) is 61.2 Å². The number of ether oxygens (including phenoxy) is 2. The minimum absolute atomic E-state index is 0.0882. The number of unbranched alkanes of at least 4 members (excludes halogenated alkanes) is 4. The zero-order valence-electron chi connectivity index (χ0n) is 18.1. The highest BCUT2D eigenvalue weighted by atomic mass is 16.5. The van der Waals surface area contributed by atoms with Gasteiger partial charge in [-0.2, -0.15) is 0 Å². The SMILES string of the molecule is C=CC(=O)Oc1cc(OC(CC)CCCCCCC)ccc1C(=O)c1ccccc1. The molecule has 160 valence electrons. The average Bonchev–Trinajstić information content (AvgIpc) is 2.78. The standard InChI is InChI=1S/C26H32O4/c1-4-7-8-9-13-16-21(5-2)29-22-17-18-23(24(19-22)30-25(27)6-3)26(28)20-14-11-10-12-15-20/h6,10-12,14-15,17-19,21H,3-5,7-9,13,16H2,1-2H3. The molecule has 0 aliphatic rings. The van der Waals surface area contributed by atoms with Crippen LogP contribution in [0.25, 0.3) is 0 Å². The summed E-state index contributed by atoms with van der Waals surface area (Å²) >= 11 is 0. The lowest BCUT2D eigenvalue weighted by atomic mass is 10.0. The van der Waals surface area contributed by atoms with Crippen molar-refractivity contribution < 1.29 is 19.1 Å². The first-order valence-corrected chi connectivity index (χ1v) is 10.8. The third kappa shape index (κ3) is 7.18. The molecule has 0 aromatic heterocycles. The molecule has 2 rings (SSSR count). The molecule has 0 fully saturated rings. The predicted molar refractivity (Wildman–Crippen MR) is 120 cm³/mol. The van der Waals surface area contributed by atoms with Gasteiger partial charge in [-0.3, -0.25) is 4.79 Å². The van der Waals surface area contributed by atoms with Gasteiger partial charge in [0, 0.05) is 17.7 Å². The smallest absolute Gasteiger partial charge is 0.335 e. The molecule has 0 spiro atoms. The van der Waals surface area contributed by atoms with Crippen molar-refractivity contribution in [3.63, 3.8) is 0 Å². The Morgan fingerprint density at radius 2 is 1.73 bits per heavy atom. The molecular formula is C26H32O4. The van der Waals surface area contributed by atoms with Crippen LogP contribution in [0.1, 0.15) is 74.7 Å². The summed E-state index contributed by atoms with van der Waals surface area (Å²) in [4.78, 5) is 24.7. The highest BCUT2D eigenvalue weighted by Crippen LogP contribution is 2.29. The lowest BCUT2D eigenvalue weighted by Crippen LogP contribution is -2.16. The van der Waals surface area contributed by atoms with E-state index >= 15 is 0 Å². The van der Waals surface area contributed by atoms with Crippen molar-refractivity contribution in [1.82, 2.24) is 0 Å². The number of carbonyl (C=O) groups excluding carboxylic acids is 2. The van der Waals surface area contributed by atoms with Crippen LogP contribution in [0.2, 0.25) is 0 Å². The van der Waals surface area contributed by atoms with Gasteiger partial charge in [-0.15, -0.1) is 0 Å². The summed E-state index contributed by atoms with van der Waals surface area (Å²) in [6.45, 7) is 7.75. The van der Waals surface area contributed by atoms with Crippen molar-refractivity contribution in [2.45, 2.75) is 64.9 Å². The number of hydrogen-bond donors (Lipinski definition) is 0. The second kappa shape index (κ2) is 12.6. The number of ketones is 1. The van der Waals surface area contributed by atoms with Crippen LogP contribution in [0.3, 0.4) is 0 Å². The maximum absolute atomic E-state index is 12.9. The summed E-state index contributed by atoms with van der Waals surface area (Å²) in [5.74, 6) is -0.0508. The summed E-state index contributed by atoms with van der Waals surface area (Å²) in [6.07, 6.45) is 9.13. The molecule has 2 aromatic carbocycles. The third-order valence-electron chi connectivity index (χ3n) is 5.00. The first kappa shape index (κ1) is 23.4. The maximum atomic E-state index is 12.9. The van der Waals surface area contributed by atoms with E-state index in [1.807, 2.05) is 6.07 Å². The summed E-state index contributed by atoms with van der Waals surface area (Å²) in [6, 6.07) is 14.0. The molecule has 4 nitrogen and oxygen atoms in total. The van der Waals surface area contributed by atoms with E-state index in [9.17, 15) is 9.59 Å². The Morgan fingerprint density at radius 3 is 2.40 bits per heavy atom. The van der Waals surface area contributed by atoms with Gasteiger partial charge in [0.25, 0.3) is 0 Å². The number of rotatable bonds is 13. The fraction of sp³-hybridized carbons (Fsp3) is 0.385. The van der Waals surface area contributed by atoms with Gasteiger partial charge < -0.3 is 9.47 Å². The molecule has 4 heteroatoms. The summed E-state index contributed by atoms with van der Waals surface area (Å²) in [7, 11) is 0. The highest BCUT2D eigenvalue weighted by molar-refractivity contribution is 6.11. The first-order valence-electron chi connectivity index (χ1n) is 10.8. The van der Waals surface area contributed by atoms with Crippen LogP contribution in [-0.2, 0) is 4.79 Å². The van der Waals surface area contributed by atoms with Gasteiger partial charge in [0.1, 0.15) is 11.5 Å². The number of hydrogen-bond acceptors (Lipinski definition) is 4. The fourth-order valence-electron chi connectivity index (χ4n) is 3.26. The van der Waals surface area contributed by atoms with Gasteiger partial charge in [-0.05, 0) is 31.4 Å². The van der Waals surface area contributed by atoms with Gasteiger partial charge in [0.15, 0.2) is 5.78 Å². The third-order valence-corrected chi connectivity index (χ3v) is 5.00. The Balaban J connectivity index is 2.17. The molecule has 0 bridgehead atoms. The van der Waals surface area contributed by atoms with Crippen molar-refractivity contribution in [2.75, 3.05) is 0 Å². The van der Waals surface area contributed by atoms with E-state index in [1.54, 1.807) is 42.5 Å². The zero-order valence-corrected chi connectivity index (χ0v) is 18.1. The number of esters is 1. The summed E-state index contributed by atoms with van der Waals surface area (Å²) < 4.78 is 11.5. The van der Waals surface area contributed by atoms with E-state index in [2.05, 4.69) is 20.4 Å². The quantitative estimate of drug-likeness (QED) is 0.124. The molecular weight excluding hydrogens is 376 g/mol. The molecule has 30 heavy (non-hydrogen) atoms. The van der Waals surface area contributed by atoms with Crippen molar-refractivity contribution in [2.24, 2.45) is 0 Å². The van der Waals surface area contributed by atoms with Gasteiger partial charge in [0.2, 0.25) is 0 Å². The predicted octanol–water partition coefficient (Wildman–Crippen LogP) is 6.53. The number of benzene rings is 2. The molecule has 0 heterocycles. The van der Waals surface area contributed by atoms with Crippen LogP contribution in [-0.4, -0.2) is 17.9 Å². The molecule has 0 saturated carbocycles. The minimum atomic E-state index is -0.614. The van der Waals surface area contributed by atoms with E-state index < -0.39 is 5.97 Å². The molecule has 0 radical (unpaired) electrons. The van der Waals surface area contributed by atoms with E-state index in [-0.39, 0.29) is 17.6 Å². The van der Waals surface area contributed by atoms with E-state index in [0.29, 0.717) is 16.9 Å². The van der Waals surface area contributed by atoms with E-state index in [0.717, 1.165) is 25.3 Å². The molecule has 0 N–H and O–H groups in total. The molecule has 1 atom stereocenters. The van der Waals surface area contributed by atoms with Gasteiger partial charge in [-0.25, -0.2) is 4.79 Å².